The summed E-state index contributed by atoms with van der Waals surface area (Å²) in [6, 6.07) is 0. The first-order valence-electron chi connectivity index (χ1n) is 2.67. The third-order valence-electron chi connectivity index (χ3n) is 0.720. The summed E-state index contributed by atoms with van der Waals surface area (Å²) < 4.78 is 0. The van der Waals surface area contributed by atoms with Gasteiger partial charge in [0.2, 0.25) is 0 Å². The zero-order valence-corrected chi connectivity index (χ0v) is 5.22. The summed E-state index contributed by atoms with van der Waals surface area (Å²) in [5.41, 5.74) is 2.74. The van der Waals surface area contributed by atoms with Crippen molar-refractivity contribution in [2.24, 2.45) is 0 Å². The third-order valence-corrected chi connectivity index (χ3v) is 0.720. The molecule has 0 rings (SSSR count). The molecule has 0 saturated carbocycles. The molecule has 0 aliphatic rings. The average molecular weight is 120 g/mol. The molecule has 4 heteroatoms. The summed E-state index contributed by atoms with van der Waals surface area (Å²) in [7, 11) is 0. The molecule has 0 saturated heterocycles. The Kier molecular flexibility index (Phi) is 4.89. The normalized spacial score (nSPS) is 10.5. The number of rotatable bonds is 4. The SMILES string of the molecule is CCNN(CC)OO. The van der Waals surface area contributed by atoms with Crippen LogP contribution in [0.15, 0.2) is 0 Å². The zero-order valence-electron chi connectivity index (χ0n) is 5.22. The van der Waals surface area contributed by atoms with E-state index in [-0.39, 0.29) is 0 Å². The van der Waals surface area contributed by atoms with E-state index in [0.717, 1.165) is 6.54 Å². The summed E-state index contributed by atoms with van der Waals surface area (Å²) in [4.78, 5) is 3.86. The average Bonchev–Trinajstić information content (AvgIpc) is 1.83. The number of hydrogen-bond donors (Lipinski definition) is 2. The van der Waals surface area contributed by atoms with Gasteiger partial charge in [0.05, 0.1) is 0 Å². The molecule has 0 spiro atoms. The maximum atomic E-state index is 8.02. The van der Waals surface area contributed by atoms with Gasteiger partial charge in [0.25, 0.3) is 0 Å². The van der Waals surface area contributed by atoms with Gasteiger partial charge in [-0.05, 0) is 6.92 Å². The van der Waals surface area contributed by atoms with Crippen LogP contribution in [0, 0.1) is 0 Å². The summed E-state index contributed by atoms with van der Waals surface area (Å²) in [6.45, 7) is 5.14. The Morgan fingerprint density at radius 1 is 1.62 bits per heavy atom. The predicted molar refractivity (Wildman–Crippen MR) is 29.8 cm³/mol. The van der Waals surface area contributed by atoms with Crippen molar-refractivity contribution in [3.8, 4) is 0 Å². The number of nitrogens with zero attached hydrogens (tertiary/aromatic N) is 1. The van der Waals surface area contributed by atoms with Crippen LogP contribution in [-0.2, 0) is 4.99 Å². The van der Waals surface area contributed by atoms with Crippen molar-refractivity contribution in [2.45, 2.75) is 13.8 Å². The zero-order chi connectivity index (χ0) is 6.41. The highest BCUT2D eigenvalue weighted by atomic mass is 17.2. The fourth-order valence-electron chi connectivity index (χ4n) is 0.375. The van der Waals surface area contributed by atoms with Crippen LogP contribution in [-0.4, -0.2) is 23.5 Å². The Morgan fingerprint density at radius 2 is 2.25 bits per heavy atom. The molecule has 0 fully saturated rings. The van der Waals surface area contributed by atoms with Crippen molar-refractivity contribution in [2.75, 3.05) is 13.1 Å². The molecule has 8 heavy (non-hydrogen) atoms. The molecule has 0 heterocycles. The van der Waals surface area contributed by atoms with Crippen LogP contribution in [0.5, 0.6) is 0 Å². The van der Waals surface area contributed by atoms with Crippen molar-refractivity contribution < 1.29 is 10.2 Å². The van der Waals surface area contributed by atoms with Crippen LogP contribution in [0.25, 0.3) is 0 Å². The monoisotopic (exact) mass is 120 g/mol. The maximum Gasteiger partial charge on any atom is 0.0403 e. The van der Waals surface area contributed by atoms with E-state index in [1.807, 2.05) is 13.8 Å². The molecule has 0 aliphatic heterocycles. The molecule has 0 atom stereocenters. The number of hydrogen-bond acceptors (Lipinski definition) is 4. The summed E-state index contributed by atoms with van der Waals surface area (Å²) in [5, 5.41) is 9.26. The molecule has 0 radical (unpaired) electrons. The fraction of sp³-hybridized carbons (Fsp3) is 1.00. The molecule has 0 bridgehead atoms. The number of hydroxylamine groups is 1. The molecule has 0 aromatic rings. The lowest BCUT2D eigenvalue weighted by molar-refractivity contribution is -0.412. The Morgan fingerprint density at radius 3 is 2.38 bits per heavy atom. The minimum absolute atomic E-state index is 0.615. The van der Waals surface area contributed by atoms with E-state index in [9.17, 15) is 0 Å². The lowest BCUT2D eigenvalue weighted by Gasteiger charge is -2.13. The van der Waals surface area contributed by atoms with Crippen LogP contribution in [0.4, 0.5) is 0 Å². The van der Waals surface area contributed by atoms with Gasteiger partial charge in [0.15, 0.2) is 0 Å². The van der Waals surface area contributed by atoms with Gasteiger partial charge in [-0.1, -0.05) is 12.1 Å². The lowest BCUT2D eigenvalue weighted by atomic mass is 10.8. The smallest absolute Gasteiger partial charge is 0.0403 e. The summed E-state index contributed by atoms with van der Waals surface area (Å²) >= 11 is 0. The Hall–Kier alpha value is -0.160. The second-order valence-corrected chi connectivity index (χ2v) is 1.29. The Bertz CT molecular complexity index is 47.3. The van der Waals surface area contributed by atoms with Gasteiger partial charge in [-0.3, -0.25) is 0 Å². The van der Waals surface area contributed by atoms with Crippen LogP contribution in [0.2, 0.25) is 0 Å². The molecule has 0 unspecified atom stereocenters. The number of hydrazine groups is 1. The molecular weight excluding hydrogens is 108 g/mol. The van der Waals surface area contributed by atoms with Crippen LogP contribution in [0.1, 0.15) is 13.8 Å². The van der Waals surface area contributed by atoms with Crippen LogP contribution >= 0.6 is 0 Å². The van der Waals surface area contributed by atoms with Gasteiger partial charge in [0.1, 0.15) is 0 Å². The topological polar surface area (TPSA) is 44.7 Å². The first-order valence-corrected chi connectivity index (χ1v) is 2.67. The van der Waals surface area contributed by atoms with E-state index in [1.54, 1.807) is 0 Å². The van der Waals surface area contributed by atoms with Crippen molar-refractivity contribution in [1.82, 2.24) is 10.6 Å². The van der Waals surface area contributed by atoms with E-state index >= 15 is 0 Å². The second-order valence-electron chi connectivity index (χ2n) is 1.29. The van der Waals surface area contributed by atoms with E-state index in [4.69, 9.17) is 5.26 Å². The highest BCUT2D eigenvalue weighted by molar-refractivity contribution is 4.26. The van der Waals surface area contributed by atoms with E-state index in [0.29, 0.717) is 6.54 Å². The second kappa shape index (κ2) is 4.99. The minimum atomic E-state index is 0.615. The predicted octanol–water partition coefficient (Wildman–Crippen LogP) is 0.237. The molecule has 50 valence electrons. The van der Waals surface area contributed by atoms with Gasteiger partial charge in [-0.15, -0.1) is 4.99 Å². The largest absolute Gasteiger partial charge is 0.232 e. The molecule has 0 amide bonds. The van der Waals surface area contributed by atoms with Crippen molar-refractivity contribution in [3.63, 3.8) is 0 Å². The summed E-state index contributed by atoms with van der Waals surface area (Å²) in [6.07, 6.45) is 0. The fourth-order valence-corrected chi connectivity index (χ4v) is 0.375. The van der Waals surface area contributed by atoms with Gasteiger partial charge >= 0.3 is 0 Å². The number of nitrogens with one attached hydrogen (secondary N) is 1. The van der Waals surface area contributed by atoms with E-state index < -0.39 is 0 Å². The molecule has 0 aromatic heterocycles. The molecule has 0 aromatic carbocycles. The van der Waals surface area contributed by atoms with Crippen molar-refractivity contribution in [3.05, 3.63) is 0 Å². The quantitative estimate of drug-likeness (QED) is 0.412. The van der Waals surface area contributed by atoms with Gasteiger partial charge in [-0.25, -0.2) is 10.7 Å². The minimum Gasteiger partial charge on any atom is -0.232 e. The van der Waals surface area contributed by atoms with Gasteiger partial charge < -0.3 is 0 Å². The highest BCUT2D eigenvalue weighted by Gasteiger charge is 1.94. The molecular formula is C4H12N2O2. The molecule has 2 N–H and O–H groups in total. The highest BCUT2D eigenvalue weighted by Crippen LogP contribution is 1.76. The van der Waals surface area contributed by atoms with Crippen molar-refractivity contribution >= 4 is 0 Å². The maximum absolute atomic E-state index is 8.02. The van der Waals surface area contributed by atoms with E-state index in [2.05, 4.69) is 10.4 Å². The standard InChI is InChI=1S/C4H12N2O2/c1-3-5-6(4-2)8-7/h5,7H,3-4H2,1-2H3. The third kappa shape index (κ3) is 2.92. The first kappa shape index (κ1) is 7.84. The van der Waals surface area contributed by atoms with E-state index in [1.165, 1.54) is 5.17 Å². The lowest BCUT2D eigenvalue weighted by Crippen LogP contribution is -2.36. The van der Waals surface area contributed by atoms with Gasteiger partial charge in [0, 0.05) is 13.1 Å². The Labute approximate surface area is 48.9 Å². The van der Waals surface area contributed by atoms with Crippen LogP contribution in [0.3, 0.4) is 0 Å². The van der Waals surface area contributed by atoms with Gasteiger partial charge in [-0.2, -0.15) is 0 Å². The molecule has 4 nitrogen and oxygen atoms in total. The van der Waals surface area contributed by atoms with Crippen LogP contribution < -0.4 is 5.43 Å². The van der Waals surface area contributed by atoms with Crippen molar-refractivity contribution in [1.29, 1.82) is 0 Å². The first-order chi connectivity index (χ1) is 3.85. The summed E-state index contributed by atoms with van der Waals surface area (Å²) in [5.74, 6) is 0. The molecule has 0 aliphatic carbocycles. The Balaban J connectivity index is 3.07.